The lowest BCUT2D eigenvalue weighted by Crippen LogP contribution is -2.44. The van der Waals surface area contributed by atoms with E-state index in [1.165, 1.54) is 24.8 Å². The summed E-state index contributed by atoms with van der Waals surface area (Å²) in [6.45, 7) is 8.29. The minimum atomic E-state index is 0. The molecule has 2 bridgehead atoms. The molecule has 2 saturated carbocycles. The van der Waals surface area contributed by atoms with E-state index in [9.17, 15) is 0 Å². The maximum absolute atomic E-state index is 8.83. The normalized spacial score (nSPS) is 32.5. The standard InChI is InChI=1S/C18H24N2.BrH/c1-17(2)15-8-9-18(17,3)16(10-15)20-12-14-6-4-13(11-19)5-7-14;/h4-7,15-16,20H,8-10,12H2,1-3H3;1H. The van der Waals surface area contributed by atoms with Gasteiger partial charge in [0.05, 0.1) is 11.6 Å². The van der Waals surface area contributed by atoms with Crippen LogP contribution in [-0.2, 0) is 6.54 Å². The highest BCUT2D eigenvalue weighted by atomic mass is 79.9. The van der Waals surface area contributed by atoms with Gasteiger partial charge in [0.2, 0.25) is 0 Å². The first-order chi connectivity index (χ1) is 9.47. The van der Waals surface area contributed by atoms with E-state index in [0.29, 0.717) is 16.9 Å². The Morgan fingerprint density at radius 1 is 1.24 bits per heavy atom. The van der Waals surface area contributed by atoms with E-state index in [1.54, 1.807) is 0 Å². The average molecular weight is 349 g/mol. The zero-order valence-electron chi connectivity index (χ0n) is 13.1. The van der Waals surface area contributed by atoms with Crippen LogP contribution in [-0.4, -0.2) is 6.04 Å². The lowest BCUT2D eigenvalue weighted by molar-refractivity contribution is 0.120. The first-order valence-corrected chi connectivity index (χ1v) is 7.70. The number of nitrogens with zero attached hydrogens (tertiary/aromatic N) is 1. The van der Waals surface area contributed by atoms with E-state index >= 15 is 0 Å². The summed E-state index contributed by atoms with van der Waals surface area (Å²) in [6, 6.07) is 10.7. The van der Waals surface area contributed by atoms with Crippen molar-refractivity contribution < 1.29 is 0 Å². The van der Waals surface area contributed by atoms with Crippen molar-refractivity contribution in [3.05, 3.63) is 35.4 Å². The molecule has 3 unspecified atom stereocenters. The quantitative estimate of drug-likeness (QED) is 0.876. The van der Waals surface area contributed by atoms with Crippen molar-refractivity contribution in [1.29, 1.82) is 5.26 Å². The minimum absolute atomic E-state index is 0. The van der Waals surface area contributed by atoms with Gasteiger partial charge in [0.15, 0.2) is 0 Å². The van der Waals surface area contributed by atoms with Crippen molar-refractivity contribution in [2.24, 2.45) is 16.7 Å². The number of rotatable bonds is 3. The van der Waals surface area contributed by atoms with Gasteiger partial charge in [-0.2, -0.15) is 5.26 Å². The molecule has 0 aliphatic heterocycles. The van der Waals surface area contributed by atoms with E-state index in [1.807, 2.05) is 12.1 Å². The average Bonchev–Trinajstić information content (AvgIpc) is 2.78. The number of benzene rings is 1. The molecule has 2 aliphatic rings. The third kappa shape index (κ3) is 2.53. The van der Waals surface area contributed by atoms with Gasteiger partial charge in [0.1, 0.15) is 0 Å². The van der Waals surface area contributed by atoms with E-state index < -0.39 is 0 Å². The molecule has 2 fully saturated rings. The van der Waals surface area contributed by atoms with Gasteiger partial charge >= 0.3 is 0 Å². The lowest BCUT2D eigenvalue weighted by Gasteiger charge is -2.39. The number of halogens is 1. The molecule has 1 N–H and O–H groups in total. The lowest BCUT2D eigenvalue weighted by atomic mass is 9.69. The van der Waals surface area contributed by atoms with Crippen molar-refractivity contribution >= 4 is 17.0 Å². The Labute approximate surface area is 138 Å². The molecule has 0 amide bonds. The van der Waals surface area contributed by atoms with Crippen LogP contribution < -0.4 is 5.32 Å². The Morgan fingerprint density at radius 2 is 1.90 bits per heavy atom. The van der Waals surface area contributed by atoms with E-state index in [2.05, 4.69) is 44.3 Å². The Morgan fingerprint density at radius 3 is 2.38 bits per heavy atom. The maximum atomic E-state index is 8.83. The van der Waals surface area contributed by atoms with Crippen molar-refractivity contribution in [3.8, 4) is 6.07 Å². The molecule has 21 heavy (non-hydrogen) atoms. The largest absolute Gasteiger partial charge is 0.309 e. The molecular formula is C18H25BrN2. The molecule has 114 valence electrons. The monoisotopic (exact) mass is 348 g/mol. The van der Waals surface area contributed by atoms with Crippen LogP contribution >= 0.6 is 17.0 Å². The molecule has 0 heterocycles. The van der Waals surface area contributed by atoms with Crippen LogP contribution in [0.15, 0.2) is 24.3 Å². The van der Waals surface area contributed by atoms with Gasteiger partial charge in [0.25, 0.3) is 0 Å². The summed E-state index contributed by atoms with van der Waals surface area (Å²) in [6.07, 6.45) is 4.08. The van der Waals surface area contributed by atoms with E-state index in [-0.39, 0.29) is 17.0 Å². The zero-order chi connectivity index (χ0) is 14.4. The second-order valence-corrected chi connectivity index (χ2v) is 7.35. The molecule has 0 spiro atoms. The van der Waals surface area contributed by atoms with Gasteiger partial charge in [0, 0.05) is 12.6 Å². The molecular weight excluding hydrogens is 324 g/mol. The number of nitrogens with one attached hydrogen (secondary N) is 1. The molecule has 3 atom stereocenters. The molecule has 0 radical (unpaired) electrons. The second kappa shape index (κ2) is 5.74. The van der Waals surface area contributed by atoms with Crippen molar-refractivity contribution in [1.82, 2.24) is 5.32 Å². The molecule has 2 aliphatic carbocycles. The van der Waals surface area contributed by atoms with Gasteiger partial charge in [-0.1, -0.05) is 32.9 Å². The fourth-order valence-corrected chi connectivity index (χ4v) is 4.45. The molecule has 0 aromatic heterocycles. The fourth-order valence-electron chi connectivity index (χ4n) is 4.45. The predicted octanol–water partition coefficient (Wildman–Crippen LogP) is 4.44. The molecule has 0 saturated heterocycles. The Bertz CT molecular complexity index is 543. The molecule has 1 aromatic carbocycles. The Hall–Kier alpha value is -0.850. The van der Waals surface area contributed by atoms with Crippen LogP contribution in [0.3, 0.4) is 0 Å². The maximum Gasteiger partial charge on any atom is 0.0991 e. The topological polar surface area (TPSA) is 35.8 Å². The zero-order valence-corrected chi connectivity index (χ0v) is 14.9. The summed E-state index contributed by atoms with van der Waals surface area (Å²) >= 11 is 0. The van der Waals surface area contributed by atoms with Crippen LogP contribution in [0.5, 0.6) is 0 Å². The summed E-state index contributed by atoms with van der Waals surface area (Å²) in [4.78, 5) is 0. The Kier molecular flexibility index (Phi) is 4.52. The molecule has 1 aromatic rings. The van der Waals surface area contributed by atoms with E-state index in [0.717, 1.165) is 18.0 Å². The first-order valence-electron chi connectivity index (χ1n) is 7.70. The van der Waals surface area contributed by atoms with Crippen molar-refractivity contribution in [2.75, 3.05) is 0 Å². The van der Waals surface area contributed by atoms with Crippen LogP contribution in [0.1, 0.15) is 51.2 Å². The predicted molar refractivity (Wildman–Crippen MR) is 91.3 cm³/mol. The smallest absolute Gasteiger partial charge is 0.0991 e. The summed E-state index contributed by atoms with van der Waals surface area (Å²) in [5.74, 6) is 0.881. The van der Waals surface area contributed by atoms with Gasteiger partial charge in [-0.3, -0.25) is 0 Å². The first kappa shape index (κ1) is 16.5. The fraction of sp³-hybridized carbons (Fsp3) is 0.611. The van der Waals surface area contributed by atoms with E-state index in [4.69, 9.17) is 5.26 Å². The highest BCUT2D eigenvalue weighted by Crippen LogP contribution is 2.65. The summed E-state index contributed by atoms with van der Waals surface area (Å²) in [7, 11) is 0. The van der Waals surface area contributed by atoms with Crippen molar-refractivity contribution in [2.45, 2.75) is 52.6 Å². The van der Waals surface area contributed by atoms with Gasteiger partial charge in [-0.25, -0.2) is 0 Å². The second-order valence-electron chi connectivity index (χ2n) is 7.35. The van der Waals surface area contributed by atoms with Gasteiger partial charge in [-0.15, -0.1) is 17.0 Å². The number of hydrogen-bond donors (Lipinski definition) is 1. The van der Waals surface area contributed by atoms with Crippen LogP contribution in [0.25, 0.3) is 0 Å². The third-order valence-corrected chi connectivity index (χ3v) is 6.43. The number of fused-ring (bicyclic) bond motifs is 2. The van der Waals surface area contributed by atoms with Gasteiger partial charge in [-0.05, 0) is 53.7 Å². The highest BCUT2D eigenvalue weighted by Gasteiger charge is 2.60. The van der Waals surface area contributed by atoms with Crippen LogP contribution in [0.2, 0.25) is 0 Å². The Balaban J connectivity index is 0.00000161. The van der Waals surface area contributed by atoms with Crippen molar-refractivity contribution in [3.63, 3.8) is 0 Å². The molecule has 3 heteroatoms. The summed E-state index contributed by atoms with van der Waals surface area (Å²) < 4.78 is 0. The summed E-state index contributed by atoms with van der Waals surface area (Å²) in [5, 5.41) is 12.6. The molecule has 2 nitrogen and oxygen atoms in total. The highest BCUT2D eigenvalue weighted by molar-refractivity contribution is 8.93. The minimum Gasteiger partial charge on any atom is -0.309 e. The number of hydrogen-bond acceptors (Lipinski definition) is 2. The SMILES string of the molecule is Br.CC1(C)C2CCC1(C)C(NCc1ccc(C#N)cc1)C2. The third-order valence-electron chi connectivity index (χ3n) is 6.43. The van der Waals surface area contributed by atoms with Crippen LogP contribution in [0, 0.1) is 28.1 Å². The molecule has 3 rings (SSSR count). The van der Waals surface area contributed by atoms with Crippen LogP contribution in [0.4, 0.5) is 0 Å². The van der Waals surface area contributed by atoms with Gasteiger partial charge < -0.3 is 5.32 Å². The summed E-state index contributed by atoms with van der Waals surface area (Å²) in [5.41, 5.74) is 2.91. The number of nitriles is 1.